The number of ether oxygens (including phenoxy) is 2. The van der Waals surface area contributed by atoms with E-state index in [9.17, 15) is 0 Å². The fourth-order valence-electron chi connectivity index (χ4n) is 4.68. The van der Waals surface area contributed by atoms with Gasteiger partial charge in [-0.25, -0.2) is 0 Å². The highest BCUT2D eigenvalue weighted by molar-refractivity contribution is 5.43. The van der Waals surface area contributed by atoms with Gasteiger partial charge in [-0.2, -0.15) is 0 Å². The van der Waals surface area contributed by atoms with E-state index in [2.05, 4.69) is 81.5 Å². The minimum atomic E-state index is -0.126. The fourth-order valence-corrected chi connectivity index (χ4v) is 4.68. The zero-order valence-electron chi connectivity index (χ0n) is 18.0. The van der Waals surface area contributed by atoms with Crippen molar-refractivity contribution in [2.24, 2.45) is 0 Å². The number of methoxy groups -OCH3 is 1. The van der Waals surface area contributed by atoms with Crippen LogP contribution in [0.3, 0.4) is 0 Å². The molecular weight excluding hydrogens is 346 g/mol. The summed E-state index contributed by atoms with van der Waals surface area (Å²) >= 11 is 0. The molecule has 1 aliphatic rings. The van der Waals surface area contributed by atoms with Gasteiger partial charge < -0.3 is 14.8 Å². The highest BCUT2D eigenvalue weighted by Crippen LogP contribution is 2.47. The quantitative estimate of drug-likeness (QED) is 0.680. The zero-order valence-corrected chi connectivity index (χ0v) is 18.0. The van der Waals surface area contributed by atoms with Gasteiger partial charge >= 0.3 is 0 Å². The second-order valence-corrected chi connectivity index (χ2v) is 8.86. The lowest BCUT2D eigenvalue weighted by Crippen LogP contribution is -2.45. The Kier molecular flexibility index (Phi) is 6.47. The SMILES string of the molecule is COc1cc(C)ccc1C1(CCNC(C)c2ccccc2)CCOC(C)(C)C1. The number of rotatable bonds is 7. The van der Waals surface area contributed by atoms with E-state index in [0.29, 0.717) is 6.04 Å². The third-order valence-corrected chi connectivity index (χ3v) is 6.12. The Morgan fingerprint density at radius 3 is 2.57 bits per heavy atom. The van der Waals surface area contributed by atoms with E-state index < -0.39 is 0 Å². The average molecular weight is 382 g/mol. The predicted molar refractivity (Wildman–Crippen MR) is 116 cm³/mol. The summed E-state index contributed by atoms with van der Waals surface area (Å²) in [5.41, 5.74) is 3.82. The first kappa shape index (κ1) is 20.9. The van der Waals surface area contributed by atoms with Crippen molar-refractivity contribution in [1.82, 2.24) is 5.32 Å². The summed E-state index contributed by atoms with van der Waals surface area (Å²) in [7, 11) is 1.78. The van der Waals surface area contributed by atoms with Crippen LogP contribution in [0.25, 0.3) is 0 Å². The van der Waals surface area contributed by atoms with Gasteiger partial charge in [0.25, 0.3) is 0 Å². The van der Waals surface area contributed by atoms with Crippen molar-refractivity contribution >= 4 is 0 Å². The Balaban J connectivity index is 1.82. The first-order chi connectivity index (χ1) is 13.4. The lowest BCUT2D eigenvalue weighted by Gasteiger charge is -2.46. The van der Waals surface area contributed by atoms with Crippen LogP contribution in [0.5, 0.6) is 5.75 Å². The number of hydrogen-bond donors (Lipinski definition) is 1. The molecule has 3 rings (SSSR count). The molecule has 2 unspecified atom stereocenters. The maximum atomic E-state index is 6.07. The van der Waals surface area contributed by atoms with Crippen LogP contribution < -0.4 is 10.1 Å². The number of aryl methyl sites for hydroxylation is 1. The molecule has 3 heteroatoms. The zero-order chi connectivity index (χ0) is 20.2. The highest BCUT2D eigenvalue weighted by atomic mass is 16.5. The predicted octanol–water partition coefficient (Wildman–Crippen LogP) is 5.57. The van der Waals surface area contributed by atoms with Crippen LogP contribution in [0.4, 0.5) is 0 Å². The molecule has 2 aromatic rings. The molecule has 2 atom stereocenters. The maximum absolute atomic E-state index is 6.07. The molecular formula is C25H35NO2. The van der Waals surface area contributed by atoms with Gasteiger partial charge in [-0.15, -0.1) is 0 Å². The lowest BCUT2D eigenvalue weighted by atomic mass is 9.67. The van der Waals surface area contributed by atoms with Gasteiger partial charge in [-0.1, -0.05) is 42.5 Å². The third-order valence-electron chi connectivity index (χ3n) is 6.12. The Bertz CT molecular complexity index is 771. The average Bonchev–Trinajstić information content (AvgIpc) is 2.67. The standard InChI is InChI=1S/C25H35NO2/c1-19-11-12-22(23(17-19)27-5)25(14-16-28-24(3,4)18-25)13-15-26-20(2)21-9-7-6-8-10-21/h6-12,17,20,26H,13-16,18H2,1-5H3. The minimum absolute atomic E-state index is 0.0597. The molecule has 3 nitrogen and oxygen atoms in total. The molecule has 28 heavy (non-hydrogen) atoms. The van der Waals surface area contributed by atoms with Crippen LogP contribution in [-0.4, -0.2) is 25.9 Å². The Morgan fingerprint density at radius 1 is 1.14 bits per heavy atom. The Labute approximate surface area is 170 Å². The molecule has 1 heterocycles. The van der Waals surface area contributed by atoms with Crippen LogP contribution in [0.15, 0.2) is 48.5 Å². The van der Waals surface area contributed by atoms with Crippen molar-refractivity contribution < 1.29 is 9.47 Å². The Morgan fingerprint density at radius 2 is 1.89 bits per heavy atom. The van der Waals surface area contributed by atoms with Crippen LogP contribution in [0.2, 0.25) is 0 Å². The first-order valence-electron chi connectivity index (χ1n) is 10.4. The maximum Gasteiger partial charge on any atom is 0.122 e. The molecule has 0 spiro atoms. The normalized spacial score (nSPS) is 22.6. The summed E-state index contributed by atoms with van der Waals surface area (Å²) in [6.07, 6.45) is 3.09. The summed E-state index contributed by atoms with van der Waals surface area (Å²) < 4.78 is 11.9. The minimum Gasteiger partial charge on any atom is -0.496 e. The molecule has 1 aliphatic heterocycles. The summed E-state index contributed by atoms with van der Waals surface area (Å²) in [5.74, 6) is 1.01. The van der Waals surface area contributed by atoms with Crippen molar-refractivity contribution in [3.63, 3.8) is 0 Å². The van der Waals surface area contributed by atoms with E-state index in [1.54, 1.807) is 7.11 Å². The fraction of sp³-hybridized carbons (Fsp3) is 0.520. The third kappa shape index (κ3) is 4.76. The highest BCUT2D eigenvalue weighted by Gasteiger charge is 2.43. The van der Waals surface area contributed by atoms with Gasteiger partial charge in [0.05, 0.1) is 12.7 Å². The van der Waals surface area contributed by atoms with Gasteiger partial charge in [-0.3, -0.25) is 0 Å². The molecule has 2 aromatic carbocycles. The van der Waals surface area contributed by atoms with E-state index in [4.69, 9.17) is 9.47 Å². The summed E-state index contributed by atoms with van der Waals surface area (Å²) in [6, 6.07) is 17.6. The van der Waals surface area contributed by atoms with Gasteiger partial charge in [0, 0.05) is 23.6 Å². The van der Waals surface area contributed by atoms with Gasteiger partial charge in [0.1, 0.15) is 5.75 Å². The molecule has 0 radical (unpaired) electrons. The van der Waals surface area contributed by atoms with Crippen LogP contribution in [0.1, 0.15) is 62.8 Å². The van der Waals surface area contributed by atoms with Gasteiger partial charge in [0.2, 0.25) is 0 Å². The number of nitrogens with one attached hydrogen (secondary N) is 1. The van der Waals surface area contributed by atoms with Crippen molar-refractivity contribution in [1.29, 1.82) is 0 Å². The second kappa shape index (κ2) is 8.67. The van der Waals surface area contributed by atoms with Crippen LogP contribution in [-0.2, 0) is 10.2 Å². The molecule has 0 amide bonds. The summed E-state index contributed by atoms with van der Waals surface area (Å²) in [6.45, 7) is 10.5. The molecule has 0 saturated carbocycles. The second-order valence-electron chi connectivity index (χ2n) is 8.86. The van der Waals surface area contributed by atoms with E-state index in [1.165, 1.54) is 16.7 Å². The van der Waals surface area contributed by atoms with Crippen molar-refractivity contribution in [2.45, 2.75) is 64.0 Å². The van der Waals surface area contributed by atoms with E-state index in [-0.39, 0.29) is 11.0 Å². The summed E-state index contributed by atoms with van der Waals surface area (Å²) in [5, 5.41) is 3.74. The monoisotopic (exact) mass is 381 g/mol. The molecule has 1 saturated heterocycles. The van der Waals surface area contributed by atoms with E-state index in [0.717, 1.165) is 38.2 Å². The molecule has 0 aliphatic carbocycles. The number of benzene rings is 2. The van der Waals surface area contributed by atoms with Crippen molar-refractivity contribution in [2.75, 3.05) is 20.3 Å². The van der Waals surface area contributed by atoms with Gasteiger partial charge in [0.15, 0.2) is 0 Å². The lowest BCUT2D eigenvalue weighted by molar-refractivity contribution is -0.0843. The molecule has 0 aromatic heterocycles. The Hall–Kier alpha value is -1.84. The molecule has 152 valence electrons. The topological polar surface area (TPSA) is 30.5 Å². The molecule has 1 N–H and O–H groups in total. The summed E-state index contributed by atoms with van der Waals surface area (Å²) in [4.78, 5) is 0. The molecule has 0 bridgehead atoms. The smallest absolute Gasteiger partial charge is 0.122 e. The van der Waals surface area contributed by atoms with Gasteiger partial charge in [-0.05, 0) is 70.7 Å². The van der Waals surface area contributed by atoms with E-state index >= 15 is 0 Å². The first-order valence-corrected chi connectivity index (χ1v) is 10.4. The van der Waals surface area contributed by atoms with Crippen molar-refractivity contribution in [3.8, 4) is 5.75 Å². The molecule has 1 fully saturated rings. The largest absolute Gasteiger partial charge is 0.496 e. The number of hydrogen-bond acceptors (Lipinski definition) is 3. The van der Waals surface area contributed by atoms with Crippen molar-refractivity contribution in [3.05, 3.63) is 65.2 Å². The van der Waals surface area contributed by atoms with E-state index in [1.807, 2.05) is 0 Å². The van der Waals surface area contributed by atoms with Crippen LogP contribution in [0, 0.1) is 6.92 Å². The van der Waals surface area contributed by atoms with Crippen LogP contribution >= 0.6 is 0 Å².